The van der Waals surface area contributed by atoms with Crippen LogP contribution in [0.25, 0.3) is 0 Å². The number of amides is 1. The number of thioether (sulfide) groups is 1. The first kappa shape index (κ1) is 21.3. The SMILES string of the molecule is CC#CCOc1ccc(S(=O)(=O)NC(SC)(C(=O)NO)C(C)C)cc1. The summed E-state index contributed by atoms with van der Waals surface area (Å²) in [7, 11) is -4.00. The fourth-order valence-electron chi connectivity index (χ4n) is 2.04. The van der Waals surface area contributed by atoms with Crippen LogP contribution in [-0.4, -0.2) is 37.3 Å². The molecule has 0 saturated carbocycles. The summed E-state index contributed by atoms with van der Waals surface area (Å²) in [4.78, 5) is 10.5. The van der Waals surface area contributed by atoms with E-state index >= 15 is 0 Å². The number of hydroxylamine groups is 1. The fraction of sp³-hybridized carbons (Fsp3) is 0.438. The van der Waals surface area contributed by atoms with Crippen molar-refractivity contribution in [2.45, 2.75) is 30.5 Å². The molecule has 0 aromatic heterocycles. The molecule has 0 saturated heterocycles. The summed E-state index contributed by atoms with van der Waals surface area (Å²) in [5.41, 5.74) is 1.53. The highest BCUT2D eigenvalue weighted by atomic mass is 32.2. The van der Waals surface area contributed by atoms with Crippen molar-refractivity contribution in [3.63, 3.8) is 0 Å². The number of benzene rings is 1. The molecule has 0 heterocycles. The zero-order valence-electron chi connectivity index (χ0n) is 14.5. The van der Waals surface area contributed by atoms with Gasteiger partial charge in [-0.05, 0) is 43.4 Å². The smallest absolute Gasteiger partial charge is 0.275 e. The Bertz CT molecular complexity index is 751. The molecule has 0 fully saturated rings. The van der Waals surface area contributed by atoms with Crippen molar-refractivity contribution in [1.29, 1.82) is 0 Å². The van der Waals surface area contributed by atoms with Crippen LogP contribution in [0.4, 0.5) is 0 Å². The Labute approximate surface area is 152 Å². The molecule has 0 aliphatic carbocycles. The summed E-state index contributed by atoms with van der Waals surface area (Å²) >= 11 is 0.994. The lowest BCUT2D eigenvalue weighted by Gasteiger charge is -2.33. The van der Waals surface area contributed by atoms with Crippen molar-refractivity contribution < 1.29 is 23.2 Å². The van der Waals surface area contributed by atoms with E-state index in [2.05, 4.69) is 16.6 Å². The molecule has 1 aromatic rings. The molecule has 3 N–H and O–H groups in total. The van der Waals surface area contributed by atoms with Gasteiger partial charge in [0, 0.05) is 0 Å². The number of ether oxygens (including phenoxy) is 1. The first-order chi connectivity index (χ1) is 11.7. The molecule has 1 atom stereocenters. The molecular weight excluding hydrogens is 364 g/mol. The molecule has 25 heavy (non-hydrogen) atoms. The maximum atomic E-state index is 12.7. The largest absolute Gasteiger partial charge is 0.481 e. The molecule has 0 aliphatic heterocycles. The summed E-state index contributed by atoms with van der Waals surface area (Å²) in [6.45, 7) is 5.26. The van der Waals surface area contributed by atoms with Crippen molar-refractivity contribution in [3.8, 4) is 17.6 Å². The van der Waals surface area contributed by atoms with Crippen LogP contribution in [0.5, 0.6) is 5.75 Å². The van der Waals surface area contributed by atoms with E-state index in [0.717, 1.165) is 11.8 Å². The van der Waals surface area contributed by atoms with Crippen LogP contribution < -0.4 is 14.9 Å². The van der Waals surface area contributed by atoms with Gasteiger partial charge in [-0.15, -0.1) is 17.7 Å². The predicted octanol–water partition coefficient (Wildman–Crippen LogP) is 1.59. The van der Waals surface area contributed by atoms with E-state index < -0.39 is 26.7 Å². The Kier molecular flexibility index (Phi) is 7.76. The summed E-state index contributed by atoms with van der Waals surface area (Å²) in [6.07, 6.45) is 1.59. The number of hydrogen-bond acceptors (Lipinski definition) is 6. The highest BCUT2D eigenvalue weighted by Crippen LogP contribution is 2.31. The molecule has 9 heteroatoms. The van der Waals surface area contributed by atoms with Crippen LogP contribution in [0.2, 0.25) is 0 Å². The predicted molar refractivity (Wildman–Crippen MR) is 96.7 cm³/mol. The lowest BCUT2D eigenvalue weighted by Crippen LogP contribution is -2.59. The standard InChI is InChI=1S/C16H22N2O5S2/c1-5-6-11-23-13-7-9-14(10-8-13)25(21,22)18-16(24-4,12(2)3)15(19)17-20/h7-10,12,18,20H,11H2,1-4H3,(H,17,19). The van der Waals surface area contributed by atoms with Crippen molar-refractivity contribution in [3.05, 3.63) is 24.3 Å². The Morgan fingerprint density at radius 3 is 2.40 bits per heavy atom. The first-order valence-corrected chi connectivity index (χ1v) is 10.1. The number of carbonyl (C=O) groups is 1. The molecule has 0 radical (unpaired) electrons. The Morgan fingerprint density at radius 1 is 1.36 bits per heavy atom. The minimum absolute atomic E-state index is 0.0220. The summed E-state index contributed by atoms with van der Waals surface area (Å²) in [5.74, 6) is 4.66. The van der Waals surface area contributed by atoms with Gasteiger partial charge >= 0.3 is 0 Å². The average Bonchev–Trinajstić information content (AvgIpc) is 2.59. The van der Waals surface area contributed by atoms with Gasteiger partial charge in [-0.3, -0.25) is 10.0 Å². The lowest BCUT2D eigenvalue weighted by molar-refractivity contribution is -0.133. The number of nitrogens with one attached hydrogen (secondary N) is 2. The van der Waals surface area contributed by atoms with Gasteiger partial charge in [-0.2, -0.15) is 4.72 Å². The number of rotatable bonds is 8. The second kappa shape index (κ2) is 9.10. The summed E-state index contributed by atoms with van der Waals surface area (Å²) < 4.78 is 33.0. The van der Waals surface area contributed by atoms with E-state index in [4.69, 9.17) is 9.94 Å². The van der Waals surface area contributed by atoms with Gasteiger partial charge in [0.2, 0.25) is 10.0 Å². The van der Waals surface area contributed by atoms with Crippen molar-refractivity contribution in [1.82, 2.24) is 10.2 Å². The molecule has 0 spiro atoms. The highest BCUT2D eigenvalue weighted by Gasteiger charge is 2.44. The van der Waals surface area contributed by atoms with E-state index in [0.29, 0.717) is 5.75 Å². The molecule has 7 nitrogen and oxygen atoms in total. The molecule has 1 rings (SSSR count). The molecule has 138 valence electrons. The minimum Gasteiger partial charge on any atom is -0.481 e. The van der Waals surface area contributed by atoms with Gasteiger partial charge in [0.25, 0.3) is 5.91 Å². The molecule has 0 aliphatic rings. The van der Waals surface area contributed by atoms with Crippen molar-refractivity contribution in [2.24, 2.45) is 5.92 Å². The lowest BCUT2D eigenvalue weighted by atomic mass is 10.0. The summed E-state index contributed by atoms with van der Waals surface area (Å²) in [6, 6.07) is 5.76. The van der Waals surface area contributed by atoms with Crippen LogP contribution in [0.3, 0.4) is 0 Å². The maximum Gasteiger partial charge on any atom is 0.275 e. The minimum atomic E-state index is -4.00. The third-order valence-electron chi connectivity index (χ3n) is 3.48. The van der Waals surface area contributed by atoms with E-state index in [1.807, 2.05) is 0 Å². The molecule has 1 unspecified atom stereocenters. The van der Waals surface area contributed by atoms with Crippen LogP contribution >= 0.6 is 11.8 Å². The third kappa shape index (κ3) is 5.12. The van der Waals surface area contributed by atoms with Crippen LogP contribution in [-0.2, 0) is 14.8 Å². The highest BCUT2D eigenvalue weighted by molar-refractivity contribution is 8.01. The Hall–Kier alpha value is -1.73. The zero-order chi connectivity index (χ0) is 19.1. The van der Waals surface area contributed by atoms with E-state index in [9.17, 15) is 13.2 Å². The van der Waals surface area contributed by atoms with Gasteiger partial charge in [0.1, 0.15) is 12.4 Å². The zero-order valence-corrected chi connectivity index (χ0v) is 16.1. The van der Waals surface area contributed by atoms with Gasteiger partial charge in [-0.25, -0.2) is 13.9 Å². The molecular formula is C16H22N2O5S2. The summed E-state index contributed by atoms with van der Waals surface area (Å²) in [5, 5.41) is 8.98. The Balaban J connectivity index is 3.09. The molecule has 1 amide bonds. The quantitative estimate of drug-likeness (QED) is 0.271. The second-order valence-electron chi connectivity index (χ2n) is 5.33. The number of carbonyl (C=O) groups excluding carboxylic acids is 1. The monoisotopic (exact) mass is 386 g/mol. The molecule has 0 bridgehead atoms. The van der Waals surface area contributed by atoms with E-state index in [1.54, 1.807) is 27.0 Å². The van der Waals surface area contributed by atoms with E-state index in [1.165, 1.54) is 29.7 Å². The Morgan fingerprint density at radius 2 is 1.96 bits per heavy atom. The fourth-order valence-corrected chi connectivity index (χ4v) is 4.75. The number of hydrogen-bond donors (Lipinski definition) is 3. The van der Waals surface area contributed by atoms with Crippen LogP contribution in [0.15, 0.2) is 29.2 Å². The third-order valence-corrected chi connectivity index (χ3v) is 6.50. The van der Waals surface area contributed by atoms with E-state index in [-0.39, 0.29) is 11.5 Å². The second-order valence-corrected chi connectivity index (χ2v) is 8.06. The normalized spacial score (nSPS) is 13.5. The van der Waals surface area contributed by atoms with Crippen LogP contribution in [0.1, 0.15) is 20.8 Å². The molecule has 1 aromatic carbocycles. The topological polar surface area (TPSA) is 105 Å². The van der Waals surface area contributed by atoms with Crippen LogP contribution in [0, 0.1) is 17.8 Å². The average molecular weight is 386 g/mol. The first-order valence-electron chi connectivity index (χ1n) is 7.39. The maximum absolute atomic E-state index is 12.7. The van der Waals surface area contributed by atoms with Crippen molar-refractivity contribution in [2.75, 3.05) is 12.9 Å². The van der Waals surface area contributed by atoms with Gasteiger partial charge in [0.15, 0.2) is 4.87 Å². The van der Waals surface area contributed by atoms with Gasteiger partial charge in [-0.1, -0.05) is 19.8 Å². The van der Waals surface area contributed by atoms with Gasteiger partial charge < -0.3 is 4.74 Å². The van der Waals surface area contributed by atoms with Gasteiger partial charge in [0.05, 0.1) is 4.90 Å². The number of sulfonamides is 1. The van der Waals surface area contributed by atoms with Crippen molar-refractivity contribution >= 4 is 27.7 Å².